The van der Waals surface area contributed by atoms with E-state index in [9.17, 15) is 13.2 Å². The summed E-state index contributed by atoms with van der Waals surface area (Å²) in [6.45, 7) is 2.04. The highest BCUT2D eigenvalue weighted by atomic mass is 32.2. The van der Waals surface area contributed by atoms with E-state index in [0.717, 1.165) is 56.2 Å². The SMILES string of the molecule is C[C@H]1Cc2cc(S(=O)(=O)NC3CCCCCCC3)ccc2N1C(=O)C1CC1. The summed E-state index contributed by atoms with van der Waals surface area (Å²) in [5.41, 5.74) is 1.86. The van der Waals surface area contributed by atoms with Crippen LogP contribution >= 0.6 is 0 Å². The summed E-state index contributed by atoms with van der Waals surface area (Å²) in [5.74, 6) is 0.368. The van der Waals surface area contributed by atoms with Crippen molar-refractivity contribution in [3.05, 3.63) is 23.8 Å². The highest BCUT2D eigenvalue weighted by molar-refractivity contribution is 7.89. The molecule has 0 bridgehead atoms. The molecule has 0 radical (unpaired) electrons. The third-order valence-corrected chi connectivity index (χ3v) is 7.69. The minimum Gasteiger partial charge on any atom is -0.309 e. The fourth-order valence-corrected chi connectivity index (χ4v) is 5.85. The van der Waals surface area contributed by atoms with Gasteiger partial charge in [-0.25, -0.2) is 13.1 Å². The van der Waals surface area contributed by atoms with E-state index in [-0.39, 0.29) is 23.9 Å². The lowest BCUT2D eigenvalue weighted by atomic mass is 9.97. The molecule has 2 saturated carbocycles. The summed E-state index contributed by atoms with van der Waals surface area (Å²) >= 11 is 0. The Morgan fingerprint density at radius 2 is 1.70 bits per heavy atom. The Balaban J connectivity index is 1.52. The number of carbonyl (C=O) groups excluding carboxylic acids is 1. The molecule has 148 valence electrons. The fourth-order valence-electron chi connectivity index (χ4n) is 4.50. The van der Waals surface area contributed by atoms with Crippen LogP contribution in [-0.2, 0) is 21.2 Å². The normalized spacial score (nSPS) is 24.3. The van der Waals surface area contributed by atoms with Crippen molar-refractivity contribution in [1.29, 1.82) is 0 Å². The van der Waals surface area contributed by atoms with Crippen molar-refractivity contribution in [2.75, 3.05) is 4.90 Å². The van der Waals surface area contributed by atoms with Crippen LogP contribution in [0.15, 0.2) is 23.1 Å². The van der Waals surface area contributed by atoms with E-state index in [1.807, 2.05) is 17.9 Å². The molecule has 1 amide bonds. The molecule has 2 aliphatic carbocycles. The number of hydrogen-bond donors (Lipinski definition) is 1. The fraction of sp³-hybridized carbons (Fsp3) is 0.667. The van der Waals surface area contributed by atoms with Gasteiger partial charge in [-0.05, 0) is 62.8 Å². The average molecular weight is 391 g/mol. The predicted octanol–water partition coefficient (Wildman–Crippen LogP) is 3.77. The van der Waals surface area contributed by atoms with Gasteiger partial charge in [0.1, 0.15) is 0 Å². The third-order valence-electron chi connectivity index (χ3n) is 6.17. The molecule has 0 unspecified atom stereocenters. The van der Waals surface area contributed by atoms with E-state index in [0.29, 0.717) is 4.90 Å². The van der Waals surface area contributed by atoms with E-state index in [1.54, 1.807) is 12.1 Å². The maximum absolute atomic E-state index is 12.9. The van der Waals surface area contributed by atoms with Gasteiger partial charge in [0, 0.05) is 23.7 Å². The Morgan fingerprint density at radius 3 is 2.37 bits per heavy atom. The van der Waals surface area contributed by atoms with Crippen LogP contribution < -0.4 is 9.62 Å². The van der Waals surface area contributed by atoms with Gasteiger partial charge < -0.3 is 4.90 Å². The van der Waals surface area contributed by atoms with Crippen molar-refractivity contribution in [1.82, 2.24) is 4.72 Å². The maximum Gasteiger partial charge on any atom is 0.240 e. The monoisotopic (exact) mass is 390 g/mol. The smallest absolute Gasteiger partial charge is 0.240 e. The molecule has 1 aromatic rings. The summed E-state index contributed by atoms with van der Waals surface area (Å²) < 4.78 is 28.8. The van der Waals surface area contributed by atoms with Gasteiger partial charge in [0.15, 0.2) is 0 Å². The number of benzene rings is 1. The molecule has 0 aromatic heterocycles. The number of anilines is 1. The third kappa shape index (κ3) is 4.06. The van der Waals surface area contributed by atoms with Crippen LogP contribution in [0.1, 0.15) is 70.3 Å². The minimum atomic E-state index is -3.52. The number of amides is 1. The number of fused-ring (bicyclic) bond motifs is 1. The quantitative estimate of drug-likeness (QED) is 0.851. The van der Waals surface area contributed by atoms with Crippen LogP contribution in [0.4, 0.5) is 5.69 Å². The molecule has 3 aliphatic rings. The molecule has 0 saturated heterocycles. The minimum absolute atomic E-state index is 0.0374. The topological polar surface area (TPSA) is 66.5 Å². The molecule has 6 heteroatoms. The first-order chi connectivity index (χ1) is 13.0. The second-order valence-corrected chi connectivity index (χ2v) is 10.2. The number of carbonyl (C=O) groups is 1. The molecule has 1 aromatic carbocycles. The molecule has 4 rings (SSSR count). The van der Waals surface area contributed by atoms with Crippen LogP contribution in [0.3, 0.4) is 0 Å². The van der Waals surface area contributed by atoms with Crippen molar-refractivity contribution in [2.45, 2.75) is 88.1 Å². The molecule has 0 spiro atoms. The van der Waals surface area contributed by atoms with E-state index in [4.69, 9.17) is 0 Å². The molecule has 1 heterocycles. The molecular formula is C21H30N2O3S. The lowest BCUT2D eigenvalue weighted by molar-refractivity contribution is -0.120. The lowest BCUT2D eigenvalue weighted by Crippen LogP contribution is -2.36. The van der Waals surface area contributed by atoms with Gasteiger partial charge in [-0.3, -0.25) is 4.79 Å². The number of nitrogens with zero attached hydrogens (tertiary/aromatic N) is 1. The van der Waals surface area contributed by atoms with Gasteiger partial charge in [-0.1, -0.05) is 32.1 Å². The first kappa shape index (κ1) is 18.9. The molecule has 27 heavy (non-hydrogen) atoms. The summed E-state index contributed by atoms with van der Waals surface area (Å²) in [5, 5.41) is 0. The van der Waals surface area contributed by atoms with Crippen LogP contribution in [-0.4, -0.2) is 26.4 Å². The van der Waals surface area contributed by atoms with Gasteiger partial charge >= 0.3 is 0 Å². The summed E-state index contributed by atoms with van der Waals surface area (Å²) in [6.07, 6.45) is 10.4. The van der Waals surface area contributed by atoms with Gasteiger partial charge in [0.2, 0.25) is 15.9 Å². The largest absolute Gasteiger partial charge is 0.309 e. The average Bonchev–Trinajstić information content (AvgIpc) is 3.38. The first-order valence-electron chi connectivity index (χ1n) is 10.4. The van der Waals surface area contributed by atoms with Gasteiger partial charge in [-0.2, -0.15) is 0 Å². The molecule has 1 aliphatic heterocycles. The molecular weight excluding hydrogens is 360 g/mol. The predicted molar refractivity (Wildman–Crippen MR) is 106 cm³/mol. The van der Waals surface area contributed by atoms with Crippen LogP contribution in [0.25, 0.3) is 0 Å². The van der Waals surface area contributed by atoms with Crippen molar-refractivity contribution in [2.24, 2.45) is 5.92 Å². The van der Waals surface area contributed by atoms with Gasteiger partial charge in [-0.15, -0.1) is 0 Å². The van der Waals surface area contributed by atoms with Crippen molar-refractivity contribution in [3.8, 4) is 0 Å². The molecule has 2 fully saturated rings. The maximum atomic E-state index is 12.9. The van der Waals surface area contributed by atoms with E-state index in [1.165, 1.54) is 19.3 Å². The lowest BCUT2D eigenvalue weighted by Gasteiger charge is -2.23. The molecule has 5 nitrogen and oxygen atoms in total. The number of nitrogens with one attached hydrogen (secondary N) is 1. The number of sulfonamides is 1. The Morgan fingerprint density at radius 1 is 1.04 bits per heavy atom. The van der Waals surface area contributed by atoms with E-state index in [2.05, 4.69) is 4.72 Å². The number of hydrogen-bond acceptors (Lipinski definition) is 3. The summed E-state index contributed by atoms with van der Waals surface area (Å²) in [6, 6.07) is 5.40. The zero-order valence-corrected chi connectivity index (χ0v) is 16.9. The van der Waals surface area contributed by atoms with Gasteiger partial charge in [0.25, 0.3) is 0 Å². The molecule has 1 atom stereocenters. The molecule has 1 N–H and O–H groups in total. The number of rotatable bonds is 4. The standard InChI is InChI=1S/C21H30N2O3S/c1-15-13-17-14-19(11-12-20(17)23(15)21(24)16-9-10-16)27(25,26)22-18-7-5-3-2-4-6-8-18/h11-12,14-16,18,22H,2-10,13H2,1H3/t15-/m0/s1. The first-order valence-corrected chi connectivity index (χ1v) is 11.9. The summed E-state index contributed by atoms with van der Waals surface area (Å²) in [7, 11) is -3.52. The van der Waals surface area contributed by atoms with Crippen molar-refractivity contribution in [3.63, 3.8) is 0 Å². The van der Waals surface area contributed by atoms with Gasteiger partial charge in [0.05, 0.1) is 4.90 Å². The second kappa shape index (κ2) is 7.55. The van der Waals surface area contributed by atoms with Crippen molar-refractivity contribution >= 4 is 21.6 Å². The van der Waals surface area contributed by atoms with Crippen LogP contribution in [0.5, 0.6) is 0 Å². The Labute approximate surface area is 162 Å². The summed E-state index contributed by atoms with van der Waals surface area (Å²) in [4.78, 5) is 14.8. The van der Waals surface area contributed by atoms with Crippen LogP contribution in [0, 0.1) is 5.92 Å². The second-order valence-electron chi connectivity index (χ2n) is 8.49. The van der Waals surface area contributed by atoms with Crippen LogP contribution in [0.2, 0.25) is 0 Å². The highest BCUT2D eigenvalue weighted by Crippen LogP contribution is 2.39. The zero-order valence-electron chi connectivity index (χ0n) is 16.1. The Hall–Kier alpha value is -1.40. The van der Waals surface area contributed by atoms with E-state index < -0.39 is 10.0 Å². The van der Waals surface area contributed by atoms with Crippen molar-refractivity contribution < 1.29 is 13.2 Å². The Kier molecular flexibility index (Phi) is 5.30. The zero-order chi connectivity index (χ0) is 19.0. The highest BCUT2D eigenvalue weighted by Gasteiger charge is 2.39. The Bertz CT molecular complexity index is 809. The van der Waals surface area contributed by atoms with E-state index >= 15 is 0 Å².